The third kappa shape index (κ3) is 4.75. The van der Waals surface area contributed by atoms with Crippen LogP contribution in [0, 0.1) is 0 Å². The predicted molar refractivity (Wildman–Crippen MR) is 143 cm³/mol. The molecule has 5 rings (SSSR count). The van der Waals surface area contributed by atoms with Gasteiger partial charge in [-0.15, -0.1) is 0 Å². The molecular weight excluding hydrogens is 508 g/mol. The Bertz CT molecular complexity index is 1600. The van der Waals surface area contributed by atoms with Gasteiger partial charge in [-0.05, 0) is 53.6 Å². The molecule has 1 aliphatic rings. The molecule has 0 aliphatic carbocycles. The van der Waals surface area contributed by atoms with Crippen molar-refractivity contribution in [2.75, 3.05) is 11.9 Å². The van der Waals surface area contributed by atoms with Gasteiger partial charge in [0.15, 0.2) is 0 Å². The minimum absolute atomic E-state index is 0.0259. The lowest BCUT2D eigenvalue weighted by atomic mass is 10.1. The van der Waals surface area contributed by atoms with Crippen LogP contribution in [-0.2, 0) is 22.9 Å². The van der Waals surface area contributed by atoms with Crippen LogP contribution in [0.15, 0.2) is 107 Å². The standard InChI is InChI=1S/C29H23ClN2O4S/c1-31(18-20-7-3-2-4-8-20)28(33)22-13-16-27-25(17-22)32(19-21-11-14-23(30)15-12-21)29(34)24-9-5-6-10-26(24)37(27,35)36/h2-17H,18-19H2,1H3. The van der Waals surface area contributed by atoms with Crippen LogP contribution in [0.3, 0.4) is 0 Å². The normalized spacial score (nSPS) is 13.9. The second-order valence-corrected chi connectivity index (χ2v) is 11.2. The van der Waals surface area contributed by atoms with Gasteiger partial charge in [-0.2, -0.15) is 0 Å². The highest BCUT2D eigenvalue weighted by Crippen LogP contribution is 2.38. The summed E-state index contributed by atoms with van der Waals surface area (Å²) in [6, 6.07) is 27.1. The molecule has 0 atom stereocenters. The van der Waals surface area contributed by atoms with Crippen LogP contribution in [0.25, 0.3) is 0 Å². The largest absolute Gasteiger partial charge is 0.337 e. The molecule has 0 spiro atoms. The molecule has 4 aromatic rings. The van der Waals surface area contributed by atoms with Crippen molar-refractivity contribution in [2.45, 2.75) is 22.9 Å². The summed E-state index contributed by atoms with van der Waals surface area (Å²) in [5.41, 5.74) is 2.26. The van der Waals surface area contributed by atoms with Crippen LogP contribution in [0.1, 0.15) is 31.8 Å². The van der Waals surface area contributed by atoms with Crippen LogP contribution < -0.4 is 4.90 Å². The van der Waals surface area contributed by atoms with E-state index in [2.05, 4.69) is 0 Å². The SMILES string of the molecule is CN(Cc1ccccc1)C(=O)c1ccc2c(c1)N(Cc1ccc(Cl)cc1)C(=O)c1ccccc1S2(=O)=O. The maximum absolute atomic E-state index is 13.8. The smallest absolute Gasteiger partial charge is 0.259 e. The van der Waals surface area contributed by atoms with Crippen molar-refractivity contribution in [3.63, 3.8) is 0 Å². The second-order valence-electron chi connectivity index (χ2n) is 8.85. The van der Waals surface area contributed by atoms with Gasteiger partial charge in [0.05, 0.1) is 27.6 Å². The Morgan fingerprint density at radius 2 is 1.51 bits per heavy atom. The summed E-state index contributed by atoms with van der Waals surface area (Å²) in [5.74, 6) is -0.750. The van der Waals surface area contributed by atoms with Crippen LogP contribution in [0.4, 0.5) is 5.69 Å². The lowest BCUT2D eigenvalue weighted by Crippen LogP contribution is -2.31. The van der Waals surface area contributed by atoms with Gasteiger partial charge in [0.25, 0.3) is 11.8 Å². The molecule has 1 aliphatic heterocycles. The Morgan fingerprint density at radius 3 is 2.24 bits per heavy atom. The van der Waals surface area contributed by atoms with Gasteiger partial charge < -0.3 is 9.80 Å². The number of carbonyl (C=O) groups excluding carboxylic acids is 2. The van der Waals surface area contributed by atoms with E-state index in [-0.39, 0.29) is 39.1 Å². The van der Waals surface area contributed by atoms with Gasteiger partial charge in [0.1, 0.15) is 0 Å². The molecule has 0 unspecified atom stereocenters. The van der Waals surface area contributed by atoms with Crippen LogP contribution >= 0.6 is 11.6 Å². The average Bonchev–Trinajstić information content (AvgIpc) is 2.98. The van der Waals surface area contributed by atoms with E-state index in [4.69, 9.17) is 11.6 Å². The average molecular weight is 531 g/mol. The lowest BCUT2D eigenvalue weighted by molar-refractivity contribution is 0.0784. The third-order valence-electron chi connectivity index (χ3n) is 6.30. The Morgan fingerprint density at radius 1 is 0.838 bits per heavy atom. The van der Waals surface area contributed by atoms with E-state index < -0.39 is 15.7 Å². The fourth-order valence-corrected chi connectivity index (χ4v) is 6.18. The zero-order valence-corrected chi connectivity index (χ0v) is 21.5. The molecule has 0 radical (unpaired) electrons. The summed E-state index contributed by atoms with van der Waals surface area (Å²) in [4.78, 5) is 30.0. The molecule has 0 bridgehead atoms. The van der Waals surface area contributed by atoms with E-state index in [0.29, 0.717) is 11.6 Å². The summed E-state index contributed by atoms with van der Waals surface area (Å²) in [6.45, 7) is 0.484. The first-order valence-corrected chi connectivity index (χ1v) is 13.5. The Balaban J connectivity index is 1.61. The molecule has 0 fully saturated rings. The minimum Gasteiger partial charge on any atom is -0.337 e. The fraction of sp³-hybridized carbons (Fsp3) is 0.103. The van der Waals surface area contributed by atoms with Gasteiger partial charge in [0, 0.05) is 24.2 Å². The highest BCUT2D eigenvalue weighted by Gasteiger charge is 2.36. The van der Waals surface area contributed by atoms with Crippen LogP contribution in [0.5, 0.6) is 0 Å². The molecule has 4 aromatic carbocycles. The maximum atomic E-state index is 13.8. The van der Waals surface area contributed by atoms with E-state index in [9.17, 15) is 18.0 Å². The van der Waals surface area contributed by atoms with Crippen molar-refractivity contribution < 1.29 is 18.0 Å². The van der Waals surface area contributed by atoms with E-state index in [1.807, 2.05) is 30.3 Å². The Kier molecular flexibility index (Phi) is 6.58. The number of amides is 2. The molecule has 0 aromatic heterocycles. The number of benzene rings is 4. The number of rotatable bonds is 5. The fourth-order valence-electron chi connectivity index (χ4n) is 4.42. The van der Waals surface area contributed by atoms with Crippen molar-refractivity contribution in [1.82, 2.24) is 4.90 Å². The molecule has 6 nitrogen and oxygen atoms in total. The number of hydrogen-bond donors (Lipinski definition) is 0. The van der Waals surface area contributed by atoms with Gasteiger partial charge in [-0.1, -0.05) is 66.2 Å². The van der Waals surface area contributed by atoms with Crippen molar-refractivity contribution in [1.29, 1.82) is 0 Å². The number of nitrogens with zero attached hydrogens (tertiary/aromatic N) is 2. The number of carbonyl (C=O) groups is 2. The summed E-state index contributed by atoms with van der Waals surface area (Å²) in [6.07, 6.45) is 0. The monoisotopic (exact) mass is 530 g/mol. The highest BCUT2D eigenvalue weighted by molar-refractivity contribution is 7.91. The second kappa shape index (κ2) is 9.84. The van der Waals surface area contributed by atoms with Crippen molar-refractivity contribution >= 4 is 38.9 Å². The predicted octanol–water partition coefficient (Wildman–Crippen LogP) is 5.61. The summed E-state index contributed by atoms with van der Waals surface area (Å²) >= 11 is 6.04. The molecule has 1 heterocycles. The number of halogens is 1. The van der Waals surface area contributed by atoms with E-state index in [1.165, 1.54) is 35.2 Å². The third-order valence-corrected chi connectivity index (χ3v) is 8.41. The summed E-state index contributed by atoms with van der Waals surface area (Å²) in [5, 5.41) is 0.550. The number of hydrogen-bond acceptors (Lipinski definition) is 4. The number of fused-ring (bicyclic) bond motifs is 2. The quantitative estimate of drug-likeness (QED) is 0.336. The summed E-state index contributed by atoms with van der Waals surface area (Å²) in [7, 11) is -2.34. The van der Waals surface area contributed by atoms with Crippen molar-refractivity contribution in [3.8, 4) is 0 Å². The van der Waals surface area contributed by atoms with E-state index >= 15 is 0 Å². The zero-order chi connectivity index (χ0) is 26.2. The van der Waals surface area contributed by atoms with E-state index in [0.717, 1.165) is 11.1 Å². The Hall–Kier alpha value is -3.94. The van der Waals surface area contributed by atoms with Crippen LogP contribution in [-0.4, -0.2) is 32.2 Å². The molecule has 0 saturated carbocycles. The summed E-state index contributed by atoms with van der Waals surface area (Å²) < 4.78 is 27.3. The van der Waals surface area contributed by atoms with Gasteiger partial charge in [-0.3, -0.25) is 9.59 Å². The van der Waals surface area contributed by atoms with Gasteiger partial charge >= 0.3 is 0 Å². The maximum Gasteiger partial charge on any atom is 0.259 e. The topological polar surface area (TPSA) is 74.8 Å². The number of anilines is 1. The number of sulfone groups is 1. The molecule has 0 N–H and O–H groups in total. The first-order valence-electron chi connectivity index (χ1n) is 11.6. The molecular formula is C29H23ClN2O4S. The minimum atomic E-state index is -4.02. The Labute approximate surface area is 220 Å². The first-order chi connectivity index (χ1) is 17.8. The molecule has 8 heteroatoms. The lowest BCUT2D eigenvalue weighted by Gasteiger charge is -2.24. The van der Waals surface area contributed by atoms with Crippen molar-refractivity contribution in [2.24, 2.45) is 0 Å². The molecule has 0 saturated heterocycles. The van der Waals surface area contributed by atoms with Crippen LogP contribution in [0.2, 0.25) is 5.02 Å². The van der Waals surface area contributed by atoms with Gasteiger partial charge in [0.2, 0.25) is 9.84 Å². The zero-order valence-electron chi connectivity index (χ0n) is 20.0. The molecule has 186 valence electrons. The molecule has 37 heavy (non-hydrogen) atoms. The highest BCUT2D eigenvalue weighted by atomic mass is 35.5. The molecule has 2 amide bonds. The van der Waals surface area contributed by atoms with E-state index in [1.54, 1.807) is 48.3 Å². The van der Waals surface area contributed by atoms with Gasteiger partial charge in [-0.25, -0.2) is 8.42 Å². The van der Waals surface area contributed by atoms with Crippen molar-refractivity contribution in [3.05, 3.63) is 124 Å². The first kappa shape index (κ1) is 24.7.